The van der Waals surface area contributed by atoms with E-state index in [1.165, 1.54) is 7.11 Å². The maximum Gasteiger partial charge on any atom is 0.312 e. The van der Waals surface area contributed by atoms with E-state index in [9.17, 15) is 4.79 Å². The van der Waals surface area contributed by atoms with E-state index in [1.807, 2.05) is 39.0 Å². The zero-order valence-corrected chi connectivity index (χ0v) is 10.9. The van der Waals surface area contributed by atoms with Crippen LogP contribution in [0.15, 0.2) is 24.4 Å². The minimum Gasteiger partial charge on any atom is -0.469 e. The lowest BCUT2D eigenvalue weighted by molar-refractivity contribution is -0.150. The van der Waals surface area contributed by atoms with Gasteiger partial charge in [-0.3, -0.25) is 9.78 Å². The molecular formula is C13H20N2O2. The molecule has 0 aliphatic carbocycles. The largest absolute Gasteiger partial charge is 0.469 e. The van der Waals surface area contributed by atoms with Crippen LogP contribution in [0.5, 0.6) is 0 Å². The molecule has 1 aromatic rings. The van der Waals surface area contributed by atoms with Crippen molar-refractivity contribution in [1.29, 1.82) is 0 Å². The number of carbonyl (C=O) groups is 1. The van der Waals surface area contributed by atoms with Crippen LogP contribution in [0.25, 0.3) is 0 Å². The molecule has 1 atom stereocenters. The second-order valence-electron chi connectivity index (χ2n) is 4.73. The van der Waals surface area contributed by atoms with Gasteiger partial charge in [0.25, 0.3) is 0 Å². The molecule has 94 valence electrons. The topological polar surface area (TPSA) is 51.2 Å². The first kappa shape index (κ1) is 13.6. The van der Waals surface area contributed by atoms with Crippen molar-refractivity contribution in [2.24, 2.45) is 5.41 Å². The summed E-state index contributed by atoms with van der Waals surface area (Å²) in [4.78, 5) is 15.8. The maximum absolute atomic E-state index is 11.5. The predicted molar refractivity (Wildman–Crippen MR) is 66.5 cm³/mol. The van der Waals surface area contributed by atoms with Crippen LogP contribution in [0.3, 0.4) is 0 Å². The molecule has 0 aromatic carbocycles. The Balaban J connectivity index is 2.54. The molecule has 0 fully saturated rings. The SMILES string of the molecule is COC(=O)C(C)(C)CNC(C)c1ccccn1. The highest BCUT2D eigenvalue weighted by atomic mass is 16.5. The van der Waals surface area contributed by atoms with Gasteiger partial charge in [-0.25, -0.2) is 0 Å². The molecule has 0 saturated carbocycles. The van der Waals surface area contributed by atoms with Crippen molar-refractivity contribution in [2.75, 3.05) is 13.7 Å². The molecule has 0 saturated heterocycles. The van der Waals surface area contributed by atoms with Gasteiger partial charge in [-0.05, 0) is 32.9 Å². The molecule has 4 nitrogen and oxygen atoms in total. The van der Waals surface area contributed by atoms with Gasteiger partial charge in [-0.2, -0.15) is 0 Å². The summed E-state index contributed by atoms with van der Waals surface area (Å²) in [6.07, 6.45) is 1.76. The number of nitrogens with zero attached hydrogens (tertiary/aromatic N) is 1. The second kappa shape index (κ2) is 5.77. The molecule has 0 spiro atoms. The van der Waals surface area contributed by atoms with Crippen LogP contribution in [0.4, 0.5) is 0 Å². The maximum atomic E-state index is 11.5. The van der Waals surface area contributed by atoms with Gasteiger partial charge in [0.05, 0.1) is 18.2 Å². The highest BCUT2D eigenvalue weighted by molar-refractivity contribution is 5.76. The Morgan fingerprint density at radius 2 is 2.24 bits per heavy atom. The first-order valence-electron chi connectivity index (χ1n) is 5.70. The first-order valence-corrected chi connectivity index (χ1v) is 5.70. The van der Waals surface area contributed by atoms with E-state index in [2.05, 4.69) is 10.3 Å². The van der Waals surface area contributed by atoms with Crippen molar-refractivity contribution in [3.05, 3.63) is 30.1 Å². The number of hydrogen-bond donors (Lipinski definition) is 1. The summed E-state index contributed by atoms with van der Waals surface area (Å²) in [5.74, 6) is -0.210. The number of ether oxygens (including phenoxy) is 1. The van der Waals surface area contributed by atoms with Gasteiger partial charge in [0, 0.05) is 18.8 Å². The lowest BCUT2D eigenvalue weighted by Gasteiger charge is -2.24. The molecule has 1 rings (SSSR count). The Labute approximate surface area is 102 Å². The molecule has 0 aliphatic rings. The first-order chi connectivity index (χ1) is 7.97. The summed E-state index contributed by atoms with van der Waals surface area (Å²) in [6.45, 7) is 6.29. The average molecular weight is 236 g/mol. The summed E-state index contributed by atoms with van der Waals surface area (Å²) in [6, 6.07) is 5.91. The zero-order chi connectivity index (χ0) is 12.9. The Morgan fingerprint density at radius 1 is 1.53 bits per heavy atom. The van der Waals surface area contributed by atoms with E-state index < -0.39 is 5.41 Å². The summed E-state index contributed by atoms with van der Waals surface area (Å²) in [5, 5.41) is 3.29. The van der Waals surface area contributed by atoms with Gasteiger partial charge in [0.1, 0.15) is 0 Å². The predicted octanol–water partition coefficient (Wildman–Crippen LogP) is 1.93. The van der Waals surface area contributed by atoms with Gasteiger partial charge < -0.3 is 10.1 Å². The van der Waals surface area contributed by atoms with Crippen LogP contribution in [0.2, 0.25) is 0 Å². The number of hydrogen-bond acceptors (Lipinski definition) is 4. The Kier molecular flexibility index (Phi) is 4.63. The number of nitrogens with one attached hydrogen (secondary N) is 1. The second-order valence-corrected chi connectivity index (χ2v) is 4.73. The molecule has 1 unspecified atom stereocenters. The van der Waals surface area contributed by atoms with Crippen molar-refractivity contribution >= 4 is 5.97 Å². The van der Waals surface area contributed by atoms with Crippen molar-refractivity contribution in [3.8, 4) is 0 Å². The van der Waals surface area contributed by atoms with E-state index >= 15 is 0 Å². The molecular weight excluding hydrogens is 216 g/mol. The van der Waals surface area contributed by atoms with E-state index in [0.29, 0.717) is 6.54 Å². The lowest BCUT2D eigenvalue weighted by Crippen LogP contribution is -2.38. The molecule has 1 aromatic heterocycles. The molecule has 4 heteroatoms. The van der Waals surface area contributed by atoms with Crippen molar-refractivity contribution in [2.45, 2.75) is 26.8 Å². The fourth-order valence-electron chi connectivity index (χ4n) is 1.49. The fraction of sp³-hybridized carbons (Fsp3) is 0.538. The molecule has 0 amide bonds. The van der Waals surface area contributed by atoms with E-state index in [-0.39, 0.29) is 12.0 Å². The summed E-state index contributed by atoms with van der Waals surface area (Å²) >= 11 is 0. The third-order valence-corrected chi connectivity index (χ3v) is 2.72. The summed E-state index contributed by atoms with van der Waals surface area (Å²) < 4.78 is 4.76. The van der Waals surface area contributed by atoms with E-state index in [0.717, 1.165) is 5.69 Å². The van der Waals surface area contributed by atoms with Gasteiger partial charge in [0.15, 0.2) is 0 Å². The van der Waals surface area contributed by atoms with Crippen LogP contribution < -0.4 is 5.32 Å². The number of aromatic nitrogens is 1. The Bertz CT molecular complexity index is 363. The quantitative estimate of drug-likeness (QED) is 0.794. The van der Waals surface area contributed by atoms with Crippen molar-refractivity contribution in [1.82, 2.24) is 10.3 Å². The van der Waals surface area contributed by atoms with E-state index in [1.54, 1.807) is 6.20 Å². The highest BCUT2D eigenvalue weighted by Gasteiger charge is 2.28. The summed E-state index contributed by atoms with van der Waals surface area (Å²) in [5.41, 5.74) is 0.436. The lowest BCUT2D eigenvalue weighted by atomic mass is 9.93. The van der Waals surface area contributed by atoms with Gasteiger partial charge in [-0.15, -0.1) is 0 Å². The van der Waals surface area contributed by atoms with Gasteiger partial charge in [-0.1, -0.05) is 6.07 Å². The average Bonchev–Trinajstić information content (AvgIpc) is 2.36. The number of pyridine rings is 1. The fourth-order valence-corrected chi connectivity index (χ4v) is 1.49. The Hall–Kier alpha value is -1.42. The number of methoxy groups -OCH3 is 1. The van der Waals surface area contributed by atoms with Crippen molar-refractivity contribution in [3.63, 3.8) is 0 Å². The normalized spacial score (nSPS) is 13.2. The molecule has 17 heavy (non-hydrogen) atoms. The number of esters is 1. The zero-order valence-electron chi connectivity index (χ0n) is 10.9. The molecule has 0 aliphatic heterocycles. The standard InChI is InChI=1S/C13H20N2O2/c1-10(11-7-5-6-8-14-11)15-9-13(2,3)12(16)17-4/h5-8,10,15H,9H2,1-4H3. The minimum atomic E-state index is -0.530. The number of carbonyl (C=O) groups excluding carboxylic acids is 1. The molecule has 0 radical (unpaired) electrons. The minimum absolute atomic E-state index is 0.111. The van der Waals surface area contributed by atoms with Crippen molar-refractivity contribution < 1.29 is 9.53 Å². The van der Waals surface area contributed by atoms with E-state index in [4.69, 9.17) is 4.74 Å². The highest BCUT2D eigenvalue weighted by Crippen LogP contribution is 2.17. The third kappa shape index (κ3) is 3.82. The van der Waals surface area contributed by atoms with Gasteiger partial charge >= 0.3 is 5.97 Å². The van der Waals surface area contributed by atoms with Crippen LogP contribution in [-0.4, -0.2) is 24.6 Å². The number of rotatable bonds is 5. The molecule has 0 bridgehead atoms. The van der Waals surface area contributed by atoms with Crippen LogP contribution >= 0.6 is 0 Å². The molecule has 1 heterocycles. The summed E-state index contributed by atoms with van der Waals surface area (Å²) in [7, 11) is 1.41. The van der Waals surface area contributed by atoms with Crippen LogP contribution in [0.1, 0.15) is 32.5 Å². The monoisotopic (exact) mass is 236 g/mol. The Morgan fingerprint density at radius 3 is 2.76 bits per heavy atom. The smallest absolute Gasteiger partial charge is 0.312 e. The molecule has 1 N–H and O–H groups in total. The third-order valence-electron chi connectivity index (χ3n) is 2.72. The van der Waals surface area contributed by atoms with Gasteiger partial charge in [0.2, 0.25) is 0 Å². The van der Waals surface area contributed by atoms with Crippen LogP contribution in [-0.2, 0) is 9.53 Å². The van der Waals surface area contributed by atoms with Crippen LogP contribution in [0, 0.1) is 5.41 Å².